The Morgan fingerprint density at radius 3 is 2.77 bits per heavy atom. The van der Waals surface area contributed by atoms with Crippen LogP contribution in [0, 0.1) is 23.0 Å². The van der Waals surface area contributed by atoms with E-state index in [1.54, 1.807) is 6.07 Å². The molecule has 5 nitrogen and oxygen atoms in total. The van der Waals surface area contributed by atoms with Gasteiger partial charge < -0.3 is 15.4 Å². The Morgan fingerprint density at radius 2 is 2.18 bits per heavy atom. The zero-order valence-electron chi connectivity index (χ0n) is 11.7. The summed E-state index contributed by atoms with van der Waals surface area (Å²) in [6.07, 6.45) is 2.72. The van der Waals surface area contributed by atoms with Crippen molar-refractivity contribution in [1.29, 1.82) is 5.26 Å². The average Bonchev–Trinajstić information content (AvgIpc) is 3.01. The Morgan fingerprint density at radius 1 is 1.45 bits per heavy atom. The number of nitriles is 1. The average molecular weight is 307 g/mol. The van der Waals surface area contributed by atoms with Gasteiger partial charge in [-0.15, -0.1) is 0 Å². The van der Waals surface area contributed by atoms with Crippen molar-refractivity contribution in [3.63, 3.8) is 0 Å². The molecule has 0 spiro atoms. The van der Waals surface area contributed by atoms with Gasteiger partial charge in [-0.3, -0.25) is 4.79 Å². The summed E-state index contributed by atoms with van der Waals surface area (Å²) in [5, 5.41) is 13.8. The number of anilines is 1. The van der Waals surface area contributed by atoms with Gasteiger partial charge in [-0.25, -0.2) is 8.78 Å². The molecular formula is C15H15F2N3O2. The molecule has 22 heavy (non-hydrogen) atoms. The molecule has 0 aromatic heterocycles. The molecule has 7 heteroatoms. The van der Waals surface area contributed by atoms with Crippen molar-refractivity contribution in [2.75, 3.05) is 18.5 Å². The molecule has 0 bridgehead atoms. The van der Waals surface area contributed by atoms with Gasteiger partial charge in [-0.05, 0) is 25.0 Å². The molecule has 1 aliphatic heterocycles. The largest absolute Gasteiger partial charge is 0.376 e. The lowest BCUT2D eigenvalue weighted by atomic mass is 10.2. The third-order valence-corrected chi connectivity index (χ3v) is 3.20. The van der Waals surface area contributed by atoms with E-state index >= 15 is 0 Å². The first-order chi connectivity index (χ1) is 10.6. The smallest absolute Gasteiger partial charge is 0.263 e. The van der Waals surface area contributed by atoms with Gasteiger partial charge in [-0.2, -0.15) is 5.26 Å². The molecule has 1 heterocycles. The second kappa shape index (κ2) is 7.52. The van der Waals surface area contributed by atoms with Gasteiger partial charge in [-0.1, -0.05) is 6.07 Å². The number of rotatable bonds is 5. The number of hydrogen-bond acceptors (Lipinski definition) is 4. The summed E-state index contributed by atoms with van der Waals surface area (Å²) in [6, 6.07) is 5.05. The second-order valence-electron chi connectivity index (χ2n) is 4.76. The van der Waals surface area contributed by atoms with Crippen LogP contribution in [-0.4, -0.2) is 25.2 Å². The second-order valence-corrected chi connectivity index (χ2v) is 4.76. The SMILES string of the molecule is N#C/C(=C/Nc1c(F)cccc1F)C(=O)NCC1CCCO1. The molecule has 0 aliphatic carbocycles. The van der Waals surface area contributed by atoms with Gasteiger partial charge in [0.25, 0.3) is 5.91 Å². The Labute approximate surface area is 126 Å². The molecule has 0 saturated carbocycles. The normalized spacial score (nSPS) is 17.9. The molecule has 1 aromatic rings. The van der Waals surface area contributed by atoms with Crippen molar-refractivity contribution in [3.8, 4) is 6.07 Å². The predicted octanol–water partition coefficient (Wildman–Crippen LogP) is 2.08. The third-order valence-electron chi connectivity index (χ3n) is 3.20. The van der Waals surface area contributed by atoms with E-state index in [-0.39, 0.29) is 11.7 Å². The highest BCUT2D eigenvalue weighted by Gasteiger charge is 2.17. The summed E-state index contributed by atoms with van der Waals surface area (Å²) >= 11 is 0. The molecule has 1 aromatic carbocycles. The van der Waals surface area contributed by atoms with Gasteiger partial charge in [0.2, 0.25) is 0 Å². The van der Waals surface area contributed by atoms with Crippen LogP contribution in [0.25, 0.3) is 0 Å². The number of amides is 1. The molecule has 1 unspecified atom stereocenters. The van der Waals surface area contributed by atoms with Gasteiger partial charge in [0, 0.05) is 19.4 Å². The molecule has 2 rings (SSSR count). The highest BCUT2D eigenvalue weighted by Crippen LogP contribution is 2.18. The minimum atomic E-state index is -0.812. The molecule has 1 aliphatic rings. The molecule has 0 radical (unpaired) electrons. The van der Waals surface area contributed by atoms with Crippen LogP contribution in [0.5, 0.6) is 0 Å². The maximum atomic E-state index is 13.4. The zero-order valence-corrected chi connectivity index (χ0v) is 11.7. The Balaban J connectivity index is 1.98. The van der Waals surface area contributed by atoms with E-state index in [2.05, 4.69) is 10.6 Å². The van der Waals surface area contributed by atoms with Crippen molar-refractivity contribution in [3.05, 3.63) is 41.6 Å². The maximum Gasteiger partial charge on any atom is 0.263 e. The zero-order chi connectivity index (χ0) is 15.9. The summed E-state index contributed by atoms with van der Waals surface area (Å²) in [7, 11) is 0. The standard InChI is InChI=1S/C15H15F2N3O2/c16-12-4-1-5-13(17)14(12)19-8-10(7-18)15(21)20-9-11-3-2-6-22-11/h1,4-5,8,11,19H,2-3,6,9H2,(H,20,21)/b10-8-. The number of hydrogen-bond donors (Lipinski definition) is 2. The Bertz CT molecular complexity index is 599. The molecule has 1 amide bonds. The molecule has 1 fully saturated rings. The number of carbonyl (C=O) groups is 1. The highest BCUT2D eigenvalue weighted by atomic mass is 19.1. The molecule has 116 valence electrons. The van der Waals surface area contributed by atoms with E-state index < -0.39 is 23.2 Å². The van der Waals surface area contributed by atoms with Crippen LogP contribution in [0.15, 0.2) is 30.0 Å². The topological polar surface area (TPSA) is 74.2 Å². The summed E-state index contributed by atoms with van der Waals surface area (Å²) in [4.78, 5) is 11.8. The van der Waals surface area contributed by atoms with Crippen molar-refractivity contribution in [1.82, 2.24) is 5.32 Å². The third kappa shape index (κ3) is 4.02. The van der Waals surface area contributed by atoms with Gasteiger partial charge in [0.15, 0.2) is 0 Å². The number of para-hydroxylation sites is 1. The van der Waals surface area contributed by atoms with Crippen LogP contribution in [0.2, 0.25) is 0 Å². The van der Waals surface area contributed by atoms with E-state index in [1.165, 1.54) is 6.07 Å². The number of nitrogens with zero attached hydrogens (tertiary/aromatic N) is 1. The van der Waals surface area contributed by atoms with E-state index in [9.17, 15) is 13.6 Å². The first-order valence-electron chi connectivity index (χ1n) is 6.82. The summed E-state index contributed by atoms with van der Waals surface area (Å²) < 4.78 is 32.2. The first kappa shape index (κ1) is 15.9. The van der Waals surface area contributed by atoms with E-state index in [0.717, 1.165) is 31.2 Å². The summed E-state index contributed by atoms with van der Waals surface area (Å²) in [6.45, 7) is 0.960. The quantitative estimate of drug-likeness (QED) is 0.645. The van der Waals surface area contributed by atoms with Crippen molar-refractivity contribution >= 4 is 11.6 Å². The number of nitrogens with one attached hydrogen (secondary N) is 2. The molecular weight excluding hydrogens is 292 g/mol. The van der Waals surface area contributed by atoms with Crippen molar-refractivity contribution in [2.45, 2.75) is 18.9 Å². The summed E-state index contributed by atoms with van der Waals surface area (Å²) in [5.74, 6) is -2.25. The summed E-state index contributed by atoms with van der Waals surface area (Å²) in [5.41, 5.74) is -0.692. The minimum Gasteiger partial charge on any atom is -0.376 e. The van der Waals surface area contributed by atoms with Crippen LogP contribution >= 0.6 is 0 Å². The lowest BCUT2D eigenvalue weighted by Gasteiger charge is -2.10. The lowest BCUT2D eigenvalue weighted by Crippen LogP contribution is -2.32. The highest BCUT2D eigenvalue weighted by molar-refractivity contribution is 5.97. The van der Waals surface area contributed by atoms with Crippen LogP contribution in [0.4, 0.5) is 14.5 Å². The van der Waals surface area contributed by atoms with E-state index in [1.807, 2.05) is 0 Å². The Kier molecular flexibility index (Phi) is 5.44. The Hall–Kier alpha value is -2.46. The van der Waals surface area contributed by atoms with Crippen LogP contribution < -0.4 is 10.6 Å². The van der Waals surface area contributed by atoms with Crippen LogP contribution in [0.3, 0.4) is 0 Å². The molecule has 1 atom stereocenters. The van der Waals surface area contributed by atoms with Crippen molar-refractivity contribution < 1.29 is 18.3 Å². The number of benzene rings is 1. The maximum absolute atomic E-state index is 13.4. The van der Waals surface area contributed by atoms with E-state index in [4.69, 9.17) is 10.00 Å². The van der Waals surface area contributed by atoms with Crippen molar-refractivity contribution in [2.24, 2.45) is 0 Å². The number of carbonyl (C=O) groups excluding carboxylic acids is 1. The van der Waals surface area contributed by atoms with Crippen LogP contribution in [-0.2, 0) is 9.53 Å². The van der Waals surface area contributed by atoms with E-state index in [0.29, 0.717) is 13.2 Å². The van der Waals surface area contributed by atoms with Gasteiger partial charge >= 0.3 is 0 Å². The molecule has 2 N–H and O–H groups in total. The minimum absolute atomic E-state index is 0.0548. The monoisotopic (exact) mass is 307 g/mol. The number of ether oxygens (including phenoxy) is 1. The molecule has 1 saturated heterocycles. The fourth-order valence-corrected chi connectivity index (χ4v) is 2.04. The lowest BCUT2D eigenvalue weighted by molar-refractivity contribution is -0.117. The van der Waals surface area contributed by atoms with Gasteiger partial charge in [0.05, 0.1) is 6.10 Å². The van der Waals surface area contributed by atoms with Gasteiger partial charge in [0.1, 0.15) is 29.0 Å². The predicted molar refractivity (Wildman–Crippen MR) is 75.7 cm³/mol. The fourth-order valence-electron chi connectivity index (χ4n) is 2.04. The number of halogens is 2. The fraction of sp³-hybridized carbons (Fsp3) is 0.333. The van der Waals surface area contributed by atoms with Crippen LogP contribution in [0.1, 0.15) is 12.8 Å². The first-order valence-corrected chi connectivity index (χ1v) is 6.82.